The van der Waals surface area contributed by atoms with Crippen LogP contribution >= 0.6 is 0 Å². The van der Waals surface area contributed by atoms with Crippen molar-refractivity contribution in [3.8, 4) is 0 Å². The van der Waals surface area contributed by atoms with Crippen molar-refractivity contribution in [2.45, 2.75) is 27.2 Å². The molecule has 0 bridgehead atoms. The van der Waals surface area contributed by atoms with E-state index in [1.165, 1.54) is 6.42 Å². The Labute approximate surface area is 93.4 Å². The lowest BCUT2D eigenvalue weighted by Gasteiger charge is -2.43. The monoisotopic (exact) mass is 215 g/mol. The molecule has 0 saturated carbocycles. The zero-order chi connectivity index (χ0) is 11.3. The molecular weight excluding hydrogens is 190 g/mol. The highest BCUT2D eigenvalue weighted by Gasteiger charge is 2.39. The van der Waals surface area contributed by atoms with Gasteiger partial charge in [-0.15, -0.1) is 0 Å². The summed E-state index contributed by atoms with van der Waals surface area (Å²) in [7, 11) is 0. The van der Waals surface area contributed by atoms with Crippen molar-refractivity contribution in [1.29, 1.82) is 0 Å². The Morgan fingerprint density at radius 3 is 2.40 bits per heavy atom. The molecule has 1 fully saturated rings. The fraction of sp³-hybridized carbons (Fsp3) is 1.00. The van der Waals surface area contributed by atoms with Gasteiger partial charge in [0.25, 0.3) is 0 Å². The maximum Gasteiger partial charge on any atom is 0.0579 e. The lowest BCUT2D eigenvalue weighted by atomic mass is 9.86. The summed E-state index contributed by atoms with van der Waals surface area (Å²) in [5.41, 5.74) is 0.0312. The van der Waals surface area contributed by atoms with Crippen LogP contribution in [0.3, 0.4) is 0 Å². The van der Waals surface area contributed by atoms with Crippen molar-refractivity contribution < 1.29 is 9.84 Å². The lowest BCUT2D eigenvalue weighted by Crippen LogP contribution is -2.53. The van der Waals surface area contributed by atoms with Crippen molar-refractivity contribution >= 4 is 0 Å². The third-order valence-corrected chi connectivity index (χ3v) is 3.42. The van der Waals surface area contributed by atoms with Gasteiger partial charge >= 0.3 is 0 Å². The molecular formula is C12H25NO2. The normalized spacial score (nSPS) is 21.4. The second-order valence-corrected chi connectivity index (χ2v) is 4.99. The number of hydrogen-bond donors (Lipinski definition) is 1. The second-order valence-electron chi connectivity index (χ2n) is 4.99. The summed E-state index contributed by atoms with van der Waals surface area (Å²) < 4.78 is 5.22. The maximum atomic E-state index is 9.37. The van der Waals surface area contributed by atoms with E-state index in [0.29, 0.717) is 0 Å². The van der Waals surface area contributed by atoms with Crippen LogP contribution in [0.15, 0.2) is 0 Å². The zero-order valence-corrected chi connectivity index (χ0v) is 10.3. The smallest absolute Gasteiger partial charge is 0.0579 e. The predicted octanol–water partition coefficient (Wildman–Crippen LogP) is 1.36. The molecule has 0 aromatic carbocycles. The third-order valence-electron chi connectivity index (χ3n) is 3.42. The van der Waals surface area contributed by atoms with Crippen LogP contribution in [0.4, 0.5) is 0 Å². The van der Waals surface area contributed by atoms with E-state index in [1.54, 1.807) is 0 Å². The molecule has 3 heteroatoms. The zero-order valence-electron chi connectivity index (χ0n) is 10.3. The van der Waals surface area contributed by atoms with E-state index in [4.69, 9.17) is 4.74 Å². The summed E-state index contributed by atoms with van der Waals surface area (Å²) in [6.07, 6.45) is 1.22. The summed E-state index contributed by atoms with van der Waals surface area (Å²) >= 11 is 0. The average molecular weight is 215 g/mol. The molecule has 90 valence electrons. The number of rotatable bonds is 7. The van der Waals surface area contributed by atoms with Gasteiger partial charge in [-0.1, -0.05) is 27.2 Å². The first-order valence-electron chi connectivity index (χ1n) is 6.06. The minimum atomic E-state index is 0.0312. The van der Waals surface area contributed by atoms with Crippen molar-refractivity contribution in [3.05, 3.63) is 0 Å². The summed E-state index contributed by atoms with van der Waals surface area (Å²) in [5, 5.41) is 9.37. The van der Waals surface area contributed by atoms with E-state index in [2.05, 4.69) is 25.7 Å². The number of hydrogen-bond acceptors (Lipinski definition) is 3. The van der Waals surface area contributed by atoms with Gasteiger partial charge < -0.3 is 14.7 Å². The SMILES string of the molecule is CCC(C)CN(CC)CC1(CO)COC1. The van der Waals surface area contributed by atoms with E-state index < -0.39 is 0 Å². The Kier molecular flexibility index (Phi) is 5.03. The first-order chi connectivity index (χ1) is 7.15. The van der Waals surface area contributed by atoms with E-state index in [0.717, 1.165) is 38.8 Å². The number of ether oxygens (including phenoxy) is 1. The van der Waals surface area contributed by atoms with Gasteiger partial charge in [0.2, 0.25) is 0 Å². The molecule has 1 aliphatic heterocycles. The molecule has 15 heavy (non-hydrogen) atoms. The molecule has 1 saturated heterocycles. The quantitative estimate of drug-likeness (QED) is 0.696. The highest BCUT2D eigenvalue weighted by molar-refractivity contribution is 4.88. The van der Waals surface area contributed by atoms with Crippen LogP contribution in [0, 0.1) is 11.3 Å². The Morgan fingerprint density at radius 1 is 1.40 bits per heavy atom. The Hall–Kier alpha value is -0.120. The summed E-state index contributed by atoms with van der Waals surface area (Å²) in [6, 6.07) is 0. The van der Waals surface area contributed by atoms with Crippen LogP contribution in [0.2, 0.25) is 0 Å². The van der Waals surface area contributed by atoms with E-state index in [-0.39, 0.29) is 12.0 Å². The largest absolute Gasteiger partial charge is 0.396 e. The summed E-state index contributed by atoms with van der Waals surface area (Å²) in [6.45, 7) is 11.6. The summed E-state index contributed by atoms with van der Waals surface area (Å²) in [4.78, 5) is 2.44. The number of aliphatic hydroxyl groups is 1. The van der Waals surface area contributed by atoms with Crippen molar-refractivity contribution in [1.82, 2.24) is 4.90 Å². The molecule has 1 unspecified atom stereocenters. The van der Waals surface area contributed by atoms with Crippen molar-refractivity contribution in [2.24, 2.45) is 11.3 Å². The van der Waals surface area contributed by atoms with Crippen molar-refractivity contribution in [2.75, 3.05) is 39.5 Å². The molecule has 1 aliphatic rings. The van der Waals surface area contributed by atoms with Crippen LogP contribution in [0.5, 0.6) is 0 Å². The molecule has 0 amide bonds. The third kappa shape index (κ3) is 3.44. The van der Waals surface area contributed by atoms with E-state index in [1.807, 2.05) is 0 Å². The fourth-order valence-electron chi connectivity index (χ4n) is 1.97. The van der Waals surface area contributed by atoms with Crippen LogP contribution < -0.4 is 0 Å². The molecule has 1 heterocycles. The number of nitrogens with zero attached hydrogens (tertiary/aromatic N) is 1. The van der Waals surface area contributed by atoms with Gasteiger partial charge in [0.1, 0.15) is 0 Å². The van der Waals surface area contributed by atoms with Crippen LogP contribution in [-0.4, -0.2) is 49.5 Å². The van der Waals surface area contributed by atoms with Crippen LogP contribution in [0.25, 0.3) is 0 Å². The maximum absolute atomic E-state index is 9.37. The topological polar surface area (TPSA) is 32.7 Å². The summed E-state index contributed by atoms with van der Waals surface area (Å²) in [5.74, 6) is 0.738. The van der Waals surface area contributed by atoms with Gasteiger partial charge in [0.15, 0.2) is 0 Å². The Morgan fingerprint density at radius 2 is 2.07 bits per heavy atom. The van der Waals surface area contributed by atoms with Gasteiger partial charge in [0.05, 0.1) is 25.2 Å². The van der Waals surface area contributed by atoms with Gasteiger partial charge in [-0.2, -0.15) is 0 Å². The Bertz CT molecular complexity index is 175. The minimum absolute atomic E-state index is 0.0312. The van der Waals surface area contributed by atoms with Gasteiger partial charge in [-0.3, -0.25) is 0 Å². The van der Waals surface area contributed by atoms with Gasteiger partial charge in [0, 0.05) is 13.1 Å². The molecule has 0 spiro atoms. The molecule has 1 atom stereocenters. The lowest BCUT2D eigenvalue weighted by molar-refractivity contribution is -0.148. The second kappa shape index (κ2) is 5.83. The fourth-order valence-corrected chi connectivity index (χ4v) is 1.97. The highest BCUT2D eigenvalue weighted by atomic mass is 16.5. The molecule has 1 rings (SSSR count). The number of aliphatic hydroxyl groups excluding tert-OH is 1. The predicted molar refractivity (Wildman–Crippen MR) is 61.9 cm³/mol. The van der Waals surface area contributed by atoms with Crippen molar-refractivity contribution in [3.63, 3.8) is 0 Å². The molecule has 0 aromatic heterocycles. The molecule has 0 radical (unpaired) electrons. The molecule has 1 N–H and O–H groups in total. The van der Waals surface area contributed by atoms with Gasteiger partial charge in [-0.05, 0) is 12.5 Å². The highest BCUT2D eigenvalue weighted by Crippen LogP contribution is 2.28. The molecule has 0 aliphatic carbocycles. The standard InChI is InChI=1S/C12H25NO2/c1-4-11(3)6-13(5-2)7-12(8-14)9-15-10-12/h11,14H,4-10H2,1-3H3. The van der Waals surface area contributed by atoms with E-state index in [9.17, 15) is 5.11 Å². The Balaban J connectivity index is 2.38. The minimum Gasteiger partial charge on any atom is -0.396 e. The van der Waals surface area contributed by atoms with E-state index >= 15 is 0 Å². The van der Waals surface area contributed by atoms with Crippen LogP contribution in [-0.2, 0) is 4.74 Å². The first-order valence-corrected chi connectivity index (χ1v) is 6.06. The average Bonchev–Trinajstić information content (AvgIpc) is 2.21. The molecule has 0 aromatic rings. The first kappa shape index (κ1) is 12.9. The molecule has 3 nitrogen and oxygen atoms in total. The van der Waals surface area contributed by atoms with Crippen LogP contribution in [0.1, 0.15) is 27.2 Å². The van der Waals surface area contributed by atoms with Gasteiger partial charge in [-0.25, -0.2) is 0 Å².